The molecule has 0 aliphatic rings. The summed E-state index contributed by atoms with van der Waals surface area (Å²) >= 11 is 3.21. The fourth-order valence-electron chi connectivity index (χ4n) is 1.53. The van der Waals surface area contributed by atoms with Crippen molar-refractivity contribution in [2.24, 2.45) is 0 Å². The average molecular weight is 382 g/mol. The molecule has 0 bridgehead atoms. The van der Waals surface area contributed by atoms with Gasteiger partial charge < -0.3 is 14.6 Å². The molecule has 8 heteroatoms. The van der Waals surface area contributed by atoms with Crippen LogP contribution in [0.3, 0.4) is 0 Å². The molecule has 1 unspecified atom stereocenters. The van der Waals surface area contributed by atoms with E-state index in [1.165, 1.54) is 33.3 Å². The maximum absolute atomic E-state index is 12.5. The molecule has 0 aliphatic carbocycles. The number of rotatable bonds is 6. The normalized spacial score (nSPS) is 13.9. The van der Waals surface area contributed by atoms with Crippen molar-refractivity contribution in [1.82, 2.24) is 4.72 Å². The molecule has 1 rings (SSSR count). The van der Waals surface area contributed by atoms with Gasteiger partial charge in [-0.15, -0.1) is 0 Å². The first-order valence-electron chi connectivity index (χ1n) is 6.18. The number of aliphatic hydroxyl groups excluding tert-OH is 1. The van der Waals surface area contributed by atoms with Crippen molar-refractivity contribution >= 4 is 26.0 Å². The van der Waals surface area contributed by atoms with Crippen molar-refractivity contribution in [3.63, 3.8) is 0 Å². The summed E-state index contributed by atoms with van der Waals surface area (Å²) in [5.74, 6) is 0.717. The van der Waals surface area contributed by atoms with E-state index in [1.54, 1.807) is 13.8 Å². The third kappa shape index (κ3) is 4.09. The Morgan fingerprint density at radius 2 is 1.71 bits per heavy atom. The van der Waals surface area contributed by atoms with E-state index in [-0.39, 0.29) is 4.90 Å². The first-order valence-corrected chi connectivity index (χ1v) is 8.46. The largest absolute Gasteiger partial charge is 0.493 e. The van der Waals surface area contributed by atoms with Crippen LogP contribution in [-0.4, -0.2) is 39.4 Å². The topological polar surface area (TPSA) is 84.9 Å². The highest BCUT2D eigenvalue weighted by Crippen LogP contribution is 2.35. The van der Waals surface area contributed by atoms with Crippen molar-refractivity contribution in [1.29, 1.82) is 0 Å². The van der Waals surface area contributed by atoms with E-state index >= 15 is 0 Å². The van der Waals surface area contributed by atoms with Crippen LogP contribution < -0.4 is 14.2 Å². The van der Waals surface area contributed by atoms with Gasteiger partial charge in [-0.3, -0.25) is 0 Å². The molecule has 0 spiro atoms. The van der Waals surface area contributed by atoms with Gasteiger partial charge in [0.25, 0.3) is 0 Å². The molecule has 120 valence electrons. The summed E-state index contributed by atoms with van der Waals surface area (Å²) in [5, 5.41) is 9.66. The summed E-state index contributed by atoms with van der Waals surface area (Å²) in [6, 6.07) is 2.88. The third-order valence-electron chi connectivity index (χ3n) is 3.17. The maximum Gasteiger partial charge on any atom is 0.242 e. The summed E-state index contributed by atoms with van der Waals surface area (Å²) in [7, 11) is -0.952. The molecule has 0 aliphatic heterocycles. The van der Waals surface area contributed by atoms with Crippen LogP contribution in [-0.2, 0) is 10.0 Å². The molecular formula is C13H20BrNO5S. The molecule has 1 aromatic rings. The summed E-state index contributed by atoms with van der Waals surface area (Å²) in [6.45, 7) is 4.72. The Kier molecular flexibility index (Phi) is 5.65. The second-order valence-electron chi connectivity index (χ2n) is 5.14. The molecule has 0 heterocycles. The highest BCUT2D eigenvalue weighted by Gasteiger charge is 2.32. The molecular weight excluding hydrogens is 362 g/mol. The van der Waals surface area contributed by atoms with Gasteiger partial charge in [-0.25, -0.2) is 13.1 Å². The van der Waals surface area contributed by atoms with Crippen LogP contribution in [0.15, 0.2) is 21.5 Å². The molecule has 1 aromatic carbocycles. The number of ether oxygens (including phenoxy) is 2. The maximum atomic E-state index is 12.5. The van der Waals surface area contributed by atoms with Crippen LogP contribution in [0.2, 0.25) is 0 Å². The summed E-state index contributed by atoms with van der Waals surface area (Å²) in [5.41, 5.74) is -1.01. The highest BCUT2D eigenvalue weighted by molar-refractivity contribution is 9.10. The molecule has 0 aromatic heterocycles. The van der Waals surface area contributed by atoms with E-state index in [2.05, 4.69) is 20.7 Å². The zero-order valence-electron chi connectivity index (χ0n) is 12.6. The number of methoxy groups -OCH3 is 2. The minimum absolute atomic E-state index is 0.00822. The zero-order valence-corrected chi connectivity index (χ0v) is 15.0. The van der Waals surface area contributed by atoms with Crippen molar-refractivity contribution in [3.8, 4) is 11.5 Å². The average Bonchev–Trinajstić information content (AvgIpc) is 2.36. The van der Waals surface area contributed by atoms with E-state index in [0.29, 0.717) is 16.0 Å². The number of aliphatic hydroxyl groups is 1. The first-order chi connectivity index (χ1) is 9.55. The number of halogens is 1. The van der Waals surface area contributed by atoms with Crippen LogP contribution in [0.25, 0.3) is 0 Å². The summed E-state index contributed by atoms with van der Waals surface area (Å²) in [6.07, 6.45) is -0.855. The van der Waals surface area contributed by atoms with Gasteiger partial charge in [-0.2, -0.15) is 0 Å². The second kappa shape index (κ2) is 6.51. The Balaban J connectivity index is 3.32. The highest BCUT2D eigenvalue weighted by atomic mass is 79.9. The number of nitrogens with one attached hydrogen (secondary N) is 1. The van der Waals surface area contributed by atoms with Crippen molar-refractivity contribution in [2.45, 2.75) is 37.3 Å². The van der Waals surface area contributed by atoms with Gasteiger partial charge in [0.15, 0.2) is 11.5 Å². The lowest BCUT2D eigenvalue weighted by atomic mass is 10.0. The van der Waals surface area contributed by atoms with Gasteiger partial charge in [0.2, 0.25) is 10.0 Å². The predicted molar refractivity (Wildman–Crippen MR) is 83.3 cm³/mol. The second-order valence-corrected chi connectivity index (χ2v) is 7.65. The third-order valence-corrected chi connectivity index (χ3v) is 5.80. The molecule has 1 atom stereocenters. The fourth-order valence-corrected chi connectivity index (χ4v) is 4.04. The minimum Gasteiger partial charge on any atom is -0.493 e. The molecule has 0 saturated carbocycles. The van der Waals surface area contributed by atoms with Crippen LogP contribution in [0.4, 0.5) is 0 Å². The SMILES string of the molecule is COc1cc(Br)c(S(=O)(=O)NC(C)(C)C(C)O)cc1OC. The Bertz CT molecular complexity index is 613. The summed E-state index contributed by atoms with van der Waals surface area (Å²) < 4.78 is 38.0. The van der Waals surface area contributed by atoms with Gasteiger partial charge in [-0.05, 0) is 42.8 Å². The van der Waals surface area contributed by atoms with E-state index < -0.39 is 21.7 Å². The predicted octanol–water partition coefficient (Wildman–Crippen LogP) is 1.90. The van der Waals surface area contributed by atoms with Crippen LogP contribution in [0.1, 0.15) is 20.8 Å². The Labute approximate surface area is 133 Å². The lowest BCUT2D eigenvalue weighted by Gasteiger charge is -2.29. The quantitative estimate of drug-likeness (QED) is 0.785. The van der Waals surface area contributed by atoms with E-state index in [0.717, 1.165) is 0 Å². The van der Waals surface area contributed by atoms with E-state index in [9.17, 15) is 13.5 Å². The van der Waals surface area contributed by atoms with Crippen LogP contribution in [0.5, 0.6) is 11.5 Å². The van der Waals surface area contributed by atoms with Crippen molar-refractivity contribution < 1.29 is 23.0 Å². The number of hydrogen-bond acceptors (Lipinski definition) is 5. The van der Waals surface area contributed by atoms with Crippen LogP contribution in [0, 0.1) is 0 Å². The lowest BCUT2D eigenvalue weighted by Crippen LogP contribution is -2.50. The van der Waals surface area contributed by atoms with Gasteiger partial charge >= 0.3 is 0 Å². The Hall–Kier alpha value is -0.830. The first kappa shape index (κ1) is 18.2. The Morgan fingerprint density at radius 1 is 1.24 bits per heavy atom. The van der Waals surface area contributed by atoms with E-state index in [1.807, 2.05) is 0 Å². The standard InChI is InChI=1S/C13H20BrNO5S/c1-8(16)13(2,3)15-21(17,18)12-7-11(20-5)10(19-4)6-9(12)14/h6-8,15-16H,1-5H3. The molecule has 6 nitrogen and oxygen atoms in total. The molecule has 0 amide bonds. The monoisotopic (exact) mass is 381 g/mol. The van der Waals surface area contributed by atoms with Crippen molar-refractivity contribution in [3.05, 3.63) is 16.6 Å². The van der Waals surface area contributed by atoms with Gasteiger partial charge in [0.05, 0.1) is 25.9 Å². The molecule has 0 saturated heterocycles. The number of sulfonamides is 1. The summed E-state index contributed by atoms with van der Waals surface area (Å²) in [4.78, 5) is 0.00822. The van der Waals surface area contributed by atoms with Gasteiger partial charge in [0, 0.05) is 10.5 Å². The minimum atomic E-state index is -3.84. The smallest absolute Gasteiger partial charge is 0.242 e. The zero-order chi connectivity index (χ0) is 16.4. The van der Waals surface area contributed by atoms with Crippen LogP contribution >= 0.6 is 15.9 Å². The van der Waals surface area contributed by atoms with Crippen molar-refractivity contribution in [2.75, 3.05) is 14.2 Å². The number of hydrogen-bond donors (Lipinski definition) is 2. The molecule has 0 radical (unpaired) electrons. The number of benzene rings is 1. The van der Waals surface area contributed by atoms with Gasteiger partial charge in [-0.1, -0.05) is 0 Å². The lowest BCUT2D eigenvalue weighted by molar-refractivity contribution is 0.111. The Morgan fingerprint density at radius 3 is 2.14 bits per heavy atom. The molecule has 2 N–H and O–H groups in total. The fraction of sp³-hybridized carbons (Fsp3) is 0.538. The van der Waals surface area contributed by atoms with Gasteiger partial charge in [0.1, 0.15) is 4.90 Å². The van der Waals surface area contributed by atoms with E-state index in [4.69, 9.17) is 9.47 Å². The molecule has 0 fully saturated rings. The molecule has 21 heavy (non-hydrogen) atoms.